The van der Waals surface area contributed by atoms with Gasteiger partial charge in [0.25, 0.3) is 0 Å². The number of carbonyl (C=O) groups is 1. The lowest BCUT2D eigenvalue weighted by Crippen LogP contribution is -2.18. The third-order valence-corrected chi connectivity index (χ3v) is 2.91. The van der Waals surface area contributed by atoms with Gasteiger partial charge in [-0.2, -0.15) is 0 Å². The van der Waals surface area contributed by atoms with Crippen LogP contribution in [0, 0.1) is 0 Å². The third kappa shape index (κ3) is 2.56. The average molecular weight is 249 g/mol. The summed E-state index contributed by atoms with van der Waals surface area (Å²) in [6.07, 6.45) is 5.62. The number of halogens is 1. The fourth-order valence-electron chi connectivity index (χ4n) is 1.78. The highest BCUT2D eigenvalue weighted by atomic mass is 35.5. The summed E-state index contributed by atoms with van der Waals surface area (Å²) in [5.41, 5.74) is 0.930. The van der Waals surface area contributed by atoms with E-state index < -0.39 is 0 Å². The third-order valence-electron chi connectivity index (χ3n) is 2.66. The largest absolute Gasteiger partial charge is 0.323 e. The first-order valence-electron chi connectivity index (χ1n) is 5.48. The number of hydrogen-bond donors (Lipinski definition) is 0. The van der Waals surface area contributed by atoms with Crippen LogP contribution in [0.25, 0.3) is 0 Å². The second-order valence-electron chi connectivity index (χ2n) is 3.78. The van der Waals surface area contributed by atoms with Crippen LogP contribution >= 0.6 is 11.6 Å². The van der Waals surface area contributed by atoms with E-state index >= 15 is 0 Å². The van der Waals surface area contributed by atoms with Crippen LogP contribution in [0.1, 0.15) is 24.9 Å². The van der Waals surface area contributed by atoms with Gasteiger partial charge in [0.15, 0.2) is 5.78 Å². The molecule has 0 N–H and O–H groups in total. The second-order valence-corrected chi connectivity index (χ2v) is 4.22. The highest BCUT2D eigenvalue weighted by molar-refractivity contribution is 6.30. The van der Waals surface area contributed by atoms with Crippen LogP contribution in [0.3, 0.4) is 0 Å². The van der Waals surface area contributed by atoms with Gasteiger partial charge in [0.2, 0.25) is 0 Å². The maximum absolute atomic E-state index is 12.0. The Balaban J connectivity index is 2.40. The standard InChI is InChI=1S/C13H13ClN2O/c1-2-12(17)13(16-8-7-15-9-16)10-3-5-11(14)6-4-10/h3-9,13H,2H2,1H3. The Morgan fingerprint density at radius 1 is 1.41 bits per heavy atom. The Hall–Kier alpha value is -1.61. The normalized spacial score (nSPS) is 12.4. The van der Waals surface area contributed by atoms with Crippen LogP contribution in [0.15, 0.2) is 43.0 Å². The van der Waals surface area contributed by atoms with Crippen molar-refractivity contribution in [3.05, 3.63) is 53.6 Å². The quantitative estimate of drug-likeness (QED) is 0.833. The molecule has 0 amide bonds. The lowest BCUT2D eigenvalue weighted by molar-refractivity contribution is -0.120. The zero-order chi connectivity index (χ0) is 12.3. The molecule has 2 rings (SSSR count). The number of benzene rings is 1. The van der Waals surface area contributed by atoms with Gasteiger partial charge >= 0.3 is 0 Å². The summed E-state index contributed by atoms with van der Waals surface area (Å²) in [5, 5.41) is 0.669. The number of ketones is 1. The molecule has 1 atom stereocenters. The van der Waals surface area contributed by atoms with E-state index in [1.807, 2.05) is 23.6 Å². The van der Waals surface area contributed by atoms with Gasteiger partial charge in [0.1, 0.15) is 6.04 Å². The Morgan fingerprint density at radius 3 is 2.65 bits per heavy atom. The van der Waals surface area contributed by atoms with Crippen LogP contribution in [0.2, 0.25) is 5.02 Å². The van der Waals surface area contributed by atoms with E-state index in [2.05, 4.69) is 4.98 Å². The first-order valence-corrected chi connectivity index (χ1v) is 5.85. The predicted molar refractivity (Wildman–Crippen MR) is 67.1 cm³/mol. The van der Waals surface area contributed by atoms with Crippen LogP contribution in [0.4, 0.5) is 0 Å². The van der Waals surface area contributed by atoms with Crippen molar-refractivity contribution in [2.45, 2.75) is 19.4 Å². The van der Waals surface area contributed by atoms with Crippen molar-refractivity contribution in [3.63, 3.8) is 0 Å². The van der Waals surface area contributed by atoms with Crippen molar-refractivity contribution in [2.75, 3.05) is 0 Å². The van der Waals surface area contributed by atoms with Crippen LogP contribution in [0.5, 0.6) is 0 Å². The summed E-state index contributed by atoms with van der Waals surface area (Å²) < 4.78 is 1.81. The number of imidazole rings is 1. The first kappa shape index (κ1) is 11.9. The van der Waals surface area contributed by atoms with E-state index in [4.69, 9.17) is 11.6 Å². The highest BCUT2D eigenvalue weighted by Gasteiger charge is 2.20. The summed E-state index contributed by atoms with van der Waals surface area (Å²) in [6.45, 7) is 1.86. The zero-order valence-electron chi connectivity index (χ0n) is 9.51. The Kier molecular flexibility index (Phi) is 3.59. The molecule has 1 aromatic carbocycles. The minimum atomic E-state index is -0.306. The molecule has 0 aliphatic rings. The Morgan fingerprint density at radius 2 is 2.12 bits per heavy atom. The SMILES string of the molecule is CCC(=O)C(c1ccc(Cl)cc1)n1ccnc1. The number of aromatic nitrogens is 2. The number of hydrogen-bond acceptors (Lipinski definition) is 2. The zero-order valence-corrected chi connectivity index (χ0v) is 10.3. The number of carbonyl (C=O) groups excluding carboxylic acids is 1. The Labute approximate surface area is 105 Å². The fourth-order valence-corrected chi connectivity index (χ4v) is 1.91. The van der Waals surface area contributed by atoms with Gasteiger partial charge in [-0.3, -0.25) is 4.79 Å². The van der Waals surface area contributed by atoms with Gasteiger partial charge in [0.05, 0.1) is 6.33 Å². The van der Waals surface area contributed by atoms with E-state index in [0.717, 1.165) is 5.56 Å². The molecule has 0 saturated heterocycles. The molecule has 3 nitrogen and oxygen atoms in total. The van der Waals surface area contributed by atoms with Crippen molar-refractivity contribution in [2.24, 2.45) is 0 Å². The van der Waals surface area contributed by atoms with Crippen molar-refractivity contribution in [3.8, 4) is 0 Å². The minimum Gasteiger partial charge on any atom is -0.323 e. The van der Waals surface area contributed by atoms with Gasteiger partial charge in [-0.05, 0) is 17.7 Å². The summed E-state index contributed by atoms with van der Waals surface area (Å²) in [6, 6.07) is 7.04. The molecular weight excluding hydrogens is 236 g/mol. The van der Waals surface area contributed by atoms with Gasteiger partial charge in [-0.1, -0.05) is 30.7 Å². The minimum absolute atomic E-state index is 0.158. The molecule has 0 radical (unpaired) electrons. The van der Waals surface area contributed by atoms with E-state index in [-0.39, 0.29) is 11.8 Å². The topological polar surface area (TPSA) is 34.9 Å². The highest BCUT2D eigenvalue weighted by Crippen LogP contribution is 2.22. The molecule has 4 heteroatoms. The maximum Gasteiger partial charge on any atom is 0.159 e. The smallest absolute Gasteiger partial charge is 0.159 e. The maximum atomic E-state index is 12.0. The molecule has 0 bridgehead atoms. The van der Waals surface area contributed by atoms with Crippen molar-refractivity contribution in [1.82, 2.24) is 9.55 Å². The molecule has 17 heavy (non-hydrogen) atoms. The van der Waals surface area contributed by atoms with Crippen LogP contribution in [-0.2, 0) is 4.79 Å². The Bertz CT molecular complexity index is 491. The molecule has 0 saturated carbocycles. The molecule has 0 spiro atoms. The molecular formula is C13H13ClN2O. The molecule has 0 aliphatic carbocycles. The molecule has 0 aliphatic heterocycles. The van der Waals surface area contributed by atoms with E-state index in [9.17, 15) is 4.79 Å². The monoisotopic (exact) mass is 248 g/mol. The fraction of sp³-hybridized carbons (Fsp3) is 0.231. The van der Waals surface area contributed by atoms with Crippen molar-refractivity contribution in [1.29, 1.82) is 0 Å². The summed E-state index contributed by atoms with van der Waals surface area (Å²) in [5.74, 6) is 0.158. The predicted octanol–water partition coefficient (Wildman–Crippen LogP) is 3.11. The number of rotatable bonds is 4. The summed E-state index contributed by atoms with van der Waals surface area (Å²) in [7, 11) is 0. The molecule has 1 heterocycles. The van der Waals surface area contributed by atoms with Gasteiger partial charge in [-0.15, -0.1) is 0 Å². The second kappa shape index (κ2) is 5.15. The average Bonchev–Trinajstić information content (AvgIpc) is 2.85. The summed E-state index contributed by atoms with van der Waals surface area (Å²) in [4.78, 5) is 16.0. The van der Waals surface area contributed by atoms with Crippen LogP contribution < -0.4 is 0 Å². The van der Waals surface area contributed by atoms with E-state index in [1.165, 1.54) is 0 Å². The van der Waals surface area contributed by atoms with Gasteiger partial charge < -0.3 is 4.57 Å². The number of Topliss-reactive ketones (excluding diaryl/α,β-unsaturated/α-hetero) is 1. The molecule has 1 aromatic heterocycles. The number of nitrogens with zero attached hydrogens (tertiary/aromatic N) is 2. The van der Waals surface area contributed by atoms with Gasteiger partial charge in [-0.25, -0.2) is 4.98 Å². The van der Waals surface area contributed by atoms with E-state index in [1.54, 1.807) is 30.9 Å². The van der Waals surface area contributed by atoms with Gasteiger partial charge in [0, 0.05) is 23.8 Å². The molecule has 1 unspecified atom stereocenters. The molecule has 0 fully saturated rings. The first-order chi connectivity index (χ1) is 8.22. The molecule has 88 valence electrons. The summed E-state index contributed by atoms with van der Waals surface area (Å²) >= 11 is 5.85. The van der Waals surface area contributed by atoms with Crippen molar-refractivity contribution >= 4 is 17.4 Å². The van der Waals surface area contributed by atoms with Crippen molar-refractivity contribution < 1.29 is 4.79 Å². The van der Waals surface area contributed by atoms with E-state index in [0.29, 0.717) is 11.4 Å². The lowest BCUT2D eigenvalue weighted by atomic mass is 10.0. The molecule has 2 aromatic rings. The van der Waals surface area contributed by atoms with Crippen LogP contribution in [-0.4, -0.2) is 15.3 Å². The lowest BCUT2D eigenvalue weighted by Gasteiger charge is -2.17.